The first-order valence-electron chi connectivity index (χ1n) is 29.7. The highest BCUT2D eigenvalue weighted by atomic mass is 15.2. The summed E-state index contributed by atoms with van der Waals surface area (Å²) in [6, 6.07) is 82.4. The zero-order valence-electron chi connectivity index (χ0n) is 50.6. The number of benzene rings is 10. The molecule has 3 heterocycles. The Bertz CT molecular complexity index is 4370. The zero-order valence-corrected chi connectivity index (χ0v) is 50.6. The SMILES string of the molecule is CC(C)(C)c1cc(-c2ccc3c(c2)c2cc(-c4cc(C(C)(C)C)cc(C(C)(C)C)c4)ccc2n3-c2nc(-c3ccccc3)nc(-c3ccccc3-n3c4ccc(-c5ccccc5)cc4c4cc(-c5ccccc5)ccc43)n2)cc(C(C)(C)C)c1. The Kier molecular flexibility index (Phi) is 13.1. The zero-order chi connectivity index (χ0) is 58.5. The van der Waals surface area contributed by atoms with Gasteiger partial charge in [0.15, 0.2) is 11.6 Å². The van der Waals surface area contributed by atoms with Crippen LogP contribution in [0.3, 0.4) is 0 Å². The first-order valence-corrected chi connectivity index (χ1v) is 29.7. The molecule has 0 atom stereocenters. The van der Waals surface area contributed by atoms with Gasteiger partial charge in [0.1, 0.15) is 0 Å². The van der Waals surface area contributed by atoms with Crippen LogP contribution in [0.5, 0.6) is 0 Å². The molecule has 10 aromatic carbocycles. The third-order valence-electron chi connectivity index (χ3n) is 17.0. The van der Waals surface area contributed by atoms with Gasteiger partial charge in [0.2, 0.25) is 5.95 Å². The molecule has 13 aromatic rings. The number of hydrogen-bond donors (Lipinski definition) is 0. The molecule has 0 amide bonds. The lowest BCUT2D eigenvalue weighted by Crippen LogP contribution is -2.16. The first kappa shape index (κ1) is 54.1. The van der Waals surface area contributed by atoms with Gasteiger partial charge in [0, 0.05) is 32.7 Å². The minimum atomic E-state index is -0.0383. The molecular formula is C79H73N5. The topological polar surface area (TPSA) is 48.5 Å². The van der Waals surface area contributed by atoms with Crippen molar-refractivity contribution in [2.75, 3.05) is 0 Å². The largest absolute Gasteiger partial charge is 0.309 e. The Morgan fingerprint density at radius 3 is 0.952 bits per heavy atom. The molecule has 0 N–H and O–H groups in total. The number of nitrogens with zero attached hydrogens (tertiary/aromatic N) is 5. The second-order valence-electron chi connectivity index (χ2n) is 27.1. The Balaban J connectivity index is 1.06. The fourth-order valence-electron chi connectivity index (χ4n) is 12.0. The van der Waals surface area contributed by atoms with E-state index in [-0.39, 0.29) is 21.7 Å². The summed E-state index contributed by atoms with van der Waals surface area (Å²) in [6.07, 6.45) is 0. The van der Waals surface area contributed by atoms with Gasteiger partial charge < -0.3 is 4.57 Å². The van der Waals surface area contributed by atoms with Crippen molar-refractivity contribution < 1.29 is 0 Å². The van der Waals surface area contributed by atoms with E-state index in [1.54, 1.807) is 0 Å². The van der Waals surface area contributed by atoms with Gasteiger partial charge in [-0.25, -0.2) is 4.98 Å². The van der Waals surface area contributed by atoms with Crippen molar-refractivity contribution in [2.45, 2.75) is 105 Å². The summed E-state index contributed by atoms with van der Waals surface area (Å²) < 4.78 is 4.67. The van der Waals surface area contributed by atoms with Crippen LogP contribution < -0.4 is 0 Å². The van der Waals surface area contributed by atoms with Crippen LogP contribution in [0.25, 0.3) is 123 Å². The van der Waals surface area contributed by atoms with Gasteiger partial charge in [-0.1, -0.05) is 247 Å². The molecule has 0 saturated carbocycles. The summed E-state index contributed by atoms with van der Waals surface area (Å²) in [6.45, 7) is 27.8. The number of hydrogen-bond acceptors (Lipinski definition) is 3. The van der Waals surface area contributed by atoms with Crippen molar-refractivity contribution in [3.05, 3.63) is 247 Å². The molecule has 3 aromatic heterocycles. The number of para-hydroxylation sites is 1. The van der Waals surface area contributed by atoms with E-state index in [1.165, 1.54) is 77.5 Å². The van der Waals surface area contributed by atoms with Crippen molar-refractivity contribution in [1.82, 2.24) is 24.1 Å². The normalized spacial score (nSPS) is 12.5. The van der Waals surface area contributed by atoms with E-state index in [4.69, 9.17) is 15.0 Å². The summed E-state index contributed by atoms with van der Waals surface area (Å²) in [4.78, 5) is 16.6. The standard InChI is InChI=1S/C79H73N5/c1-76(2,3)59-40-57(41-60(48-59)77(4,5)6)55-34-38-71-66(46-55)67-47-56(58-42-61(78(7,8)9)49-62(43-58)79(10,11)12)35-39-72(67)84(71)75-81-73(52-28-20-15-21-29-52)80-74(82-75)63-30-22-23-31-68(63)83-69-36-32-53(50-24-16-13-17-25-50)44-64(69)65-45-54(33-37-70(65)83)51-26-18-14-19-27-51/h13-49H,1-12H3. The highest BCUT2D eigenvalue weighted by molar-refractivity contribution is 6.13. The van der Waals surface area contributed by atoms with Gasteiger partial charge in [-0.2, -0.15) is 9.97 Å². The second-order valence-corrected chi connectivity index (χ2v) is 27.1. The van der Waals surface area contributed by atoms with Gasteiger partial charge >= 0.3 is 0 Å². The Labute approximate surface area is 495 Å². The maximum atomic E-state index is 5.65. The van der Waals surface area contributed by atoms with E-state index in [0.717, 1.165) is 49.7 Å². The van der Waals surface area contributed by atoms with E-state index in [1.807, 2.05) is 6.07 Å². The molecule has 0 spiro atoms. The van der Waals surface area contributed by atoms with E-state index >= 15 is 0 Å². The van der Waals surface area contributed by atoms with Gasteiger partial charge in [-0.3, -0.25) is 4.57 Å². The maximum Gasteiger partial charge on any atom is 0.238 e. The lowest BCUT2D eigenvalue weighted by Gasteiger charge is -2.26. The molecule has 0 aliphatic rings. The number of aromatic nitrogens is 5. The summed E-state index contributed by atoms with van der Waals surface area (Å²) in [5, 5.41) is 4.60. The summed E-state index contributed by atoms with van der Waals surface area (Å²) in [5.41, 5.74) is 21.6. The number of fused-ring (bicyclic) bond motifs is 6. The van der Waals surface area contributed by atoms with E-state index in [9.17, 15) is 0 Å². The second kappa shape index (κ2) is 20.3. The molecule has 84 heavy (non-hydrogen) atoms. The Morgan fingerprint density at radius 1 is 0.250 bits per heavy atom. The maximum absolute atomic E-state index is 5.65. The fourth-order valence-corrected chi connectivity index (χ4v) is 12.0. The summed E-state index contributed by atoms with van der Waals surface area (Å²) >= 11 is 0. The Hall–Kier alpha value is -9.19. The average molecular weight is 1090 g/mol. The van der Waals surface area contributed by atoms with Crippen LogP contribution in [0, 0.1) is 0 Å². The molecule has 414 valence electrons. The first-order chi connectivity index (χ1) is 40.1. The van der Waals surface area contributed by atoms with Crippen LogP contribution in [-0.2, 0) is 21.7 Å². The van der Waals surface area contributed by atoms with Crippen LogP contribution >= 0.6 is 0 Å². The van der Waals surface area contributed by atoms with Crippen molar-refractivity contribution in [3.63, 3.8) is 0 Å². The lowest BCUT2D eigenvalue weighted by molar-refractivity contribution is 0.568. The molecule has 0 radical (unpaired) electrons. The summed E-state index contributed by atoms with van der Waals surface area (Å²) in [5.74, 6) is 1.72. The van der Waals surface area contributed by atoms with Gasteiger partial charge in [0.05, 0.1) is 27.8 Å². The van der Waals surface area contributed by atoms with Crippen molar-refractivity contribution >= 4 is 43.6 Å². The monoisotopic (exact) mass is 1090 g/mol. The van der Waals surface area contributed by atoms with Crippen LogP contribution in [0.15, 0.2) is 224 Å². The third-order valence-corrected chi connectivity index (χ3v) is 17.0. The van der Waals surface area contributed by atoms with Crippen molar-refractivity contribution in [3.8, 4) is 78.9 Å². The van der Waals surface area contributed by atoms with Gasteiger partial charge in [-0.05, 0) is 149 Å². The fraction of sp³-hybridized carbons (Fsp3) is 0.203. The molecule has 0 aliphatic carbocycles. The molecule has 5 heteroatoms. The predicted molar refractivity (Wildman–Crippen MR) is 356 cm³/mol. The van der Waals surface area contributed by atoms with Gasteiger partial charge in [0.25, 0.3) is 0 Å². The molecule has 0 unspecified atom stereocenters. The minimum Gasteiger partial charge on any atom is -0.309 e. The van der Waals surface area contributed by atoms with Crippen LogP contribution in [0.1, 0.15) is 105 Å². The highest BCUT2D eigenvalue weighted by Crippen LogP contribution is 2.43. The molecule has 0 bridgehead atoms. The average Bonchev–Trinajstić information content (AvgIpc) is 1.88. The molecule has 0 saturated heterocycles. The summed E-state index contributed by atoms with van der Waals surface area (Å²) in [7, 11) is 0. The van der Waals surface area contributed by atoms with E-state index in [0.29, 0.717) is 17.6 Å². The van der Waals surface area contributed by atoms with E-state index in [2.05, 4.69) is 311 Å². The molecule has 0 fully saturated rings. The van der Waals surface area contributed by atoms with Crippen LogP contribution in [0.2, 0.25) is 0 Å². The minimum absolute atomic E-state index is 0.0383. The lowest BCUT2D eigenvalue weighted by atomic mass is 9.78. The van der Waals surface area contributed by atoms with Crippen molar-refractivity contribution in [1.29, 1.82) is 0 Å². The van der Waals surface area contributed by atoms with E-state index < -0.39 is 0 Å². The molecule has 0 aliphatic heterocycles. The number of rotatable bonds is 8. The molecule has 13 rings (SSSR count). The van der Waals surface area contributed by atoms with Crippen molar-refractivity contribution in [2.24, 2.45) is 0 Å². The third kappa shape index (κ3) is 10.00. The Morgan fingerprint density at radius 2 is 0.571 bits per heavy atom. The highest BCUT2D eigenvalue weighted by Gasteiger charge is 2.26. The predicted octanol–water partition coefficient (Wildman–Crippen LogP) is 21.3. The molecular weight excluding hydrogens is 1020 g/mol. The quantitative estimate of drug-likeness (QED) is 0.152. The molecule has 5 nitrogen and oxygen atoms in total. The van der Waals surface area contributed by atoms with Crippen LogP contribution in [0.4, 0.5) is 0 Å². The van der Waals surface area contributed by atoms with Gasteiger partial charge in [-0.15, -0.1) is 0 Å². The smallest absolute Gasteiger partial charge is 0.238 e. The van der Waals surface area contributed by atoms with Crippen LogP contribution in [-0.4, -0.2) is 24.1 Å².